The zero-order chi connectivity index (χ0) is 13.7. The van der Waals surface area contributed by atoms with Crippen molar-refractivity contribution in [3.05, 3.63) is 48.0 Å². The molecule has 1 heterocycles. The van der Waals surface area contributed by atoms with Gasteiger partial charge in [-0.3, -0.25) is 0 Å². The van der Waals surface area contributed by atoms with Gasteiger partial charge < -0.3 is 14.6 Å². The molecule has 0 amide bonds. The zero-order valence-electron chi connectivity index (χ0n) is 11.8. The number of rotatable bonds is 6. The van der Waals surface area contributed by atoms with Crippen molar-refractivity contribution in [1.82, 2.24) is 14.9 Å². The van der Waals surface area contributed by atoms with Crippen molar-refractivity contribution in [2.24, 2.45) is 7.05 Å². The Balaban J connectivity index is 2.01. The largest absolute Gasteiger partial charge is 0.487 e. The van der Waals surface area contributed by atoms with Gasteiger partial charge in [0.2, 0.25) is 0 Å². The van der Waals surface area contributed by atoms with E-state index < -0.39 is 0 Å². The number of imidazole rings is 1. The van der Waals surface area contributed by atoms with Crippen LogP contribution in [0.25, 0.3) is 0 Å². The Labute approximate surface area is 114 Å². The molecule has 0 aliphatic heterocycles. The van der Waals surface area contributed by atoms with E-state index in [2.05, 4.69) is 30.2 Å². The number of hydrogen-bond donors (Lipinski definition) is 1. The first-order valence-electron chi connectivity index (χ1n) is 6.56. The highest BCUT2D eigenvalue weighted by Crippen LogP contribution is 2.19. The van der Waals surface area contributed by atoms with Crippen LogP contribution in [0.15, 0.2) is 36.8 Å². The van der Waals surface area contributed by atoms with Crippen LogP contribution in [0.5, 0.6) is 5.75 Å². The van der Waals surface area contributed by atoms with Crippen LogP contribution in [-0.2, 0) is 20.2 Å². The third-order valence-corrected chi connectivity index (χ3v) is 2.97. The smallest absolute Gasteiger partial charge is 0.130 e. The van der Waals surface area contributed by atoms with Gasteiger partial charge in [0, 0.05) is 25.2 Å². The maximum Gasteiger partial charge on any atom is 0.130 e. The first kappa shape index (κ1) is 13.6. The predicted molar refractivity (Wildman–Crippen MR) is 76.0 cm³/mol. The first-order valence-corrected chi connectivity index (χ1v) is 6.56. The van der Waals surface area contributed by atoms with Crippen LogP contribution in [0.1, 0.15) is 25.1 Å². The van der Waals surface area contributed by atoms with Crippen molar-refractivity contribution in [2.45, 2.75) is 33.0 Å². The second kappa shape index (κ2) is 6.38. The van der Waals surface area contributed by atoms with Crippen LogP contribution in [0.2, 0.25) is 0 Å². The van der Waals surface area contributed by atoms with Gasteiger partial charge >= 0.3 is 0 Å². The van der Waals surface area contributed by atoms with Gasteiger partial charge in [-0.25, -0.2) is 4.98 Å². The summed E-state index contributed by atoms with van der Waals surface area (Å²) in [6, 6.07) is 8.60. The molecule has 2 rings (SSSR count). The summed E-state index contributed by atoms with van der Waals surface area (Å²) in [7, 11) is 1.97. The normalized spacial score (nSPS) is 10.9. The second-order valence-electron chi connectivity index (χ2n) is 4.93. The summed E-state index contributed by atoms with van der Waals surface area (Å²) in [5.41, 5.74) is 2.24. The fourth-order valence-corrected chi connectivity index (χ4v) is 1.78. The Kier molecular flexibility index (Phi) is 4.58. The van der Waals surface area contributed by atoms with E-state index in [4.69, 9.17) is 4.74 Å². The highest BCUT2D eigenvalue weighted by atomic mass is 16.5. The lowest BCUT2D eigenvalue weighted by Gasteiger charge is -2.13. The minimum absolute atomic E-state index is 0.463. The van der Waals surface area contributed by atoms with Gasteiger partial charge in [-0.1, -0.05) is 32.0 Å². The van der Waals surface area contributed by atoms with E-state index in [0.717, 1.165) is 18.0 Å². The standard InChI is InChI=1S/C15H21N3O/c1-12(2)17-8-13-6-4-5-7-15(13)19-10-14-9-16-11-18(14)3/h4-7,9,11-12,17H,8,10H2,1-3H3. The van der Waals surface area contributed by atoms with Crippen LogP contribution >= 0.6 is 0 Å². The lowest BCUT2D eigenvalue weighted by Crippen LogP contribution is -2.22. The van der Waals surface area contributed by atoms with E-state index in [9.17, 15) is 0 Å². The Hall–Kier alpha value is -1.81. The fourth-order valence-electron chi connectivity index (χ4n) is 1.78. The Morgan fingerprint density at radius 1 is 1.32 bits per heavy atom. The molecule has 0 aliphatic rings. The fraction of sp³-hybridized carbons (Fsp3) is 0.400. The predicted octanol–water partition coefficient (Wildman–Crippen LogP) is 2.50. The number of para-hydroxylation sites is 1. The van der Waals surface area contributed by atoms with Gasteiger partial charge in [0.05, 0.1) is 18.2 Å². The summed E-state index contributed by atoms with van der Waals surface area (Å²) >= 11 is 0. The van der Waals surface area contributed by atoms with Gasteiger partial charge in [-0.05, 0) is 6.07 Å². The summed E-state index contributed by atoms with van der Waals surface area (Å²) in [6.45, 7) is 5.63. The molecule has 0 unspecified atom stereocenters. The molecule has 1 N–H and O–H groups in total. The molecule has 2 aromatic rings. The summed E-state index contributed by atoms with van der Waals surface area (Å²) in [5, 5.41) is 3.41. The van der Waals surface area contributed by atoms with Crippen molar-refractivity contribution < 1.29 is 4.74 Å². The molecule has 0 spiro atoms. The zero-order valence-corrected chi connectivity index (χ0v) is 11.8. The molecule has 1 aromatic heterocycles. The molecule has 4 nitrogen and oxygen atoms in total. The van der Waals surface area contributed by atoms with E-state index in [1.807, 2.05) is 36.0 Å². The molecule has 0 aliphatic carbocycles. The van der Waals surface area contributed by atoms with E-state index in [1.54, 1.807) is 6.33 Å². The van der Waals surface area contributed by atoms with E-state index in [1.165, 1.54) is 5.56 Å². The van der Waals surface area contributed by atoms with Gasteiger partial charge in [0.25, 0.3) is 0 Å². The van der Waals surface area contributed by atoms with Gasteiger partial charge in [-0.2, -0.15) is 0 Å². The molecule has 0 atom stereocenters. The molecular weight excluding hydrogens is 238 g/mol. The molecule has 0 saturated carbocycles. The molecule has 4 heteroatoms. The number of hydrogen-bond acceptors (Lipinski definition) is 3. The van der Waals surface area contributed by atoms with Gasteiger partial charge in [-0.15, -0.1) is 0 Å². The molecule has 0 bridgehead atoms. The minimum Gasteiger partial charge on any atom is -0.487 e. The molecule has 0 radical (unpaired) electrons. The number of aryl methyl sites for hydroxylation is 1. The SMILES string of the molecule is CC(C)NCc1ccccc1OCc1cncn1C. The molecule has 19 heavy (non-hydrogen) atoms. The van der Waals surface area contributed by atoms with Crippen LogP contribution in [0.3, 0.4) is 0 Å². The number of nitrogens with one attached hydrogen (secondary N) is 1. The molecule has 102 valence electrons. The lowest BCUT2D eigenvalue weighted by molar-refractivity contribution is 0.293. The molecule has 0 fully saturated rings. The monoisotopic (exact) mass is 259 g/mol. The van der Waals surface area contributed by atoms with Crippen molar-refractivity contribution >= 4 is 0 Å². The van der Waals surface area contributed by atoms with Gasteiger partial charge in [0.15, 0.2) is 0 Å². The third-order valence-electron chi connectivity index (χ3n) is 2.97. The van der Waals surface area contributed by atoms with E-state index in [0.29, 0.717) is 12.6 Å². The first-order chi connectivity index (χ1) is 9.16. The van der Waals surface area contributed by atoms with Gasteiger partial charge in [0.1, 0.15) is 12.4 Å². The Morgan fingerprint density at radius 2 is 2.11 bits per heavy atom. The molecule has 1 aromatic carbocycles. The summed E-state index contributed by atoms with van der Waals surface area (Å²) in [6.07, 6.45) is 3.61. The number of aromatic nitrogens is 2. The second-order valence-corrected chi connectivity index (χ2v) is 4.93. The highest BCUT2D eigenvalue weighted by Gasteiger charge is 2.05. The molecular formula is C15H21N3O. The maximum absolute atomic E-state index is 5.89. The quantitative estimate of drug-likeness (QED) is 0.866. The van der Waals surface area contributed by atoms with Crippen molar-refractivity contribution in [1.29, 1.82) is 0 Å². The van der Waals surface area contributed by atoms with Crippen molar-refractivity contribution in [3.63, 3.8) is 0 Å². The third kappa shape index (κ3) is 3.83. The summed E-state index contributed by atoms with van der Waals surface area (Å²) in [4.78, 5) is 4.09. The van der Waals surface area contributed by atoms with Crippen LogP contribution in [0, 0.1) is 0 Å². The van der Waals surface area contributed by atoms with E-state index in [-0.39, 0.29) is 0 Å². The Morgan fingerprint density at radius 3 is 2.79 bits per heavy atom. The average molecular weight is 259 g/mol. The van der Waals surface area contributed by atoms with E-state index >= 15 is 0 Å². The summed E-state index contributed by atoms with van der Waals surface area (Å²) < 4.78 is 7.86. The van der Waals surface area contributed by atoms with Crippen LogP contribution in [-0.4, -0.2) is 15.6 Å². The van der Waals surface area contributed by atoms with Crippen LogP contribution < -0.4 is 10.1 Å². The Bertz CT molecular complexity index is 520. The number of nitrogens with zero attached hydrogens (tertiary/aromatic N) is 2. The number of ether oxygens (including phenoxy) is 1. The average Bonchev–Trinajstić information content (AvgIpc) is 2.80. The molecule has 0 saturated heterocycles. The summed E-state index contributed by atoms with van der Waals surface area (Å²) in [5.74, 6) is 0.928. The van der Waals surface area contributed by atoms with Crippen molar-refractivity contribution in [2.75, 3.05) is 0 Å². The highest BCUT2D eigenvalue weighted by molar-refractivity contribution is 5.33. The van der Waals surface area contributed by atoms with Crippen LogP contribution in [0.4, 0.5) is 0 Å². The minimum atomic E-state index is 0.463. The maximum atomic E-state index is 5.89. The van der Waals surface area contributed by atoms with Crippen molar-refractivity contribution in [3.8, 4) is 5.75 Å². The topological polar surface area (TPSA) is 39.1 Å². The lowest BCUT2D eigenvalue weighted by atomic mass is 10.2. The number of benzene rings is 1.